The molecular formula is C14H16NOS2+. The van der Waals surface area contributed by atoms with E-state index in [4.69, 9.17) is 4.18 Å². The number of hydrogen-bond acceptors (Lipinski definition) is 3. The molecule has 1 fully saturated rings. The lowest BCUT2D eigenvalue weighted by atomic mass is 10.2. The molecule has 0 N–H and O–H groups in total. The third-order valence-electron chi connectivity index (χ3n) is 2.91. The maximum Gasteiger partial charge on any atom is 0.186 e. The highest BCUT2D eigenvalue weighted by Gasteiger charge is 2.24. The fourth-order valence-electron chi connectivity index (χ4n) is 1.96. The van der Waals surface area contributed by atoms with Crippen LogP contribution < -0.4 is 0 Å². The van der Waals surface area contributed by atoms with Crippen LogP contribution in [0.5, 0.6) is 0 Å². The Hall–Kier alpha value is -0.710. The van der Waals surface area contributed by atoms with E-state index in [1.165, 1.54) is 23.3 Å². The highest BCUT2D eigenvalue weighted by Crippen LogP contribution is 2.20. The van der Waals surface area contributed by atoms with Gasteiger partial charge in [-0.1, -0.05) is 24.3 Å². The molecule has 18 heavy (non-hydrogen) atoms. The average molecular weight is 278 g/mol. The minimum absolute atomic E-state index is 0.144. The number of fused-ring (bicyclic) bond motifs is 1. The van der Waals surface area contributed by atoms with Crippen LogP contribution in [0.1, 0.15) is 12.1 Å². The first-order valence-corrected chi connectivity index (χ1v) is 8.79. The van der Waals surface area contributed by atoms with Crippen LogP contribution in [0, 0.1) is 0 Å². The van der Waals surface area contributed by atoms with Gasteiger partial charge in [-0.3, -0.25) is 4.98 Å². The van der Waals surface area contributed by atoms with E-state index in [1.807, 2.05) is 23.9 Å². The third kappa shape index (κ3) is 2.99. The number of aromatic nitrogens is 1. The molecule has 4 heteroatoms. The Morgan fingerprint density at radius 1 is 1.22 bits per heavy atom. The first kappa shape index (κ1) is 12.3. The van der Waals surface area contributed by atoms with Crippen LogP contribution in [-0.2, 0) is 22.0 Å². The van der Waals surface area contributed by atoms with Gasteiger partial charge in [0.2, 0.25) is 0 Å². The van der Waals surface area contributed by atoms with Gasteiger partial charge in [0, 0.05) is 17.6 Å². The van der Waals surface area contributed by atoms with E-state index in [0.717, 1.165) is 16.3 Å². The zero-order chi connectivity index (χ0) is 12.2. The molecule has 0 saturated carbocycles. The molecule has 1 aliphatic heterocycles. The number of nitrogens with zero attached hydrogens (tertiary/aromatic N) is 1. The molecule has 0 spiro atoms. The molecule has 94 valence electrons. The van der Waals surface area contributed by atoms with Gasteiger partial charge in [0.05, 0.1) is 11.2 Å². The van der Waals surface area contributed by atoms with Gasteiger partial charge in [-0.05, 0) is 12.1 Å². The van der Waals surface area contributed by atoms with E-state index in [2.05, 4.69) is 29.2 Å². The summed E-state index contributed by atoms with van der Waals surface area (Å²) in [5.74, 6) is 2.52. The molecule has 3 rings (SSSR count). The molecule has 2 aromatic rings. The summed E-state index contributed by atoms with van der Waals surface area (Å²) in [6.07, 6.45) is 1.29. The van der Waals surface area contributed by atoms with Crippen molar-refractivity contribution in [3.8, 4) is 0 Å². The van der Waals surface area contributed by atoms with Crippen LogP contribution in [0.15, 0.2) is 36.4 Å². The van der Waals surface area contributed by atoms with Crippen LogP contribution in [-0.4, -0.2) is 21.6 Å². The summed E-state index contributed by atoms with van der Waals surface area (Å²) in [4.78, 5) is 4.63. The average Bonchev–Trinajstić information content (AvgIpc) is 2.46. The number of hydrogen-bond donors (Lipinski definition) is 0. The first-order valence-electron chi connectivity index (χ1n) is 6.15. The lowest BCUT2D eigenvalue weighted by Crippen LogP contribution is -2.19. The minimum atomic E-state index is 0.144. The van der Waals surface area contributed by atoms with E-state index < -0.39 is 0 Å². The van der Waals surface area contributed by atoms with E-state index in [0.29, 0.717) is 6.61 Å². The van der Waals surface area contributed by atoms with Crippen LogP contribution in [0.3, 0.4) is 0 Å². The maximum atomic E-state index is 5.96. The highest BCUT2D eigenvalue weighted by molar-refractivity contribution is 8.13. The largest absolute Gasteiger partial charge is 0.250 e. The molecule has 0 aliphatic carbocycles. The summed E-state index contributed by atoms with van der Waals surface area (Å²) in [5, 5.41) is 2.35. The van der Waals surface area contributed by atoms with Crippen molar-refractivity contribution in [3.63, 3.8) is 0 Å². The van der Waals surface area contributed by atoms with Gasteiger partial charge in [-0.15, -0.1) is 11.8 Å². The van der Waals surface area contributed by atoms with E-state index in [9.17, 15) is 0 Å². The Morgan fingerprint density at radius 3 is 3.06 bits per heavy atom. The molecule has 0 amide bonds. The summed E-state index contributed by atoms with van der Waals surface area (Å²) in [7, 11) is 0. The van der Waals surface area contributed by atoms with Crippen LogP contribution in [0.25, 0.3) is 10.9 Å². The molecule has 2 nitrogen and oxygen atoms in total. The maximum absolute atomic E-state index is 5.96. The van der Waals surface area contributed by atoms with Crippen molar-refractivity contribution < 1.29 is 4.18 Å². The Labute approximate surface area is 115 Å². The molecule has 1 aromatic carbocycles. The number of thioether (sulfide) groups is 1. The quantitative estimate of drug-likeness (QED) is 0.804. The molecular weight excluding hydrogens is 262 g/mol. The summed E-state index contributed by atoms with van der Waals surface area (Å²) in [6, 6.07) is 12.4. The van der Waals surface area contributed by atoms with Gasteiger partial charge in [0.1, 0.15) is 12.4 Å². The number of rotatable bonds is 3. The molecule has 1 aliphatic rings. The van der Waals surface area contributed by atoms with Gasteiger partial charge in [0.15, 0.2) is 16.3 Å². The highest BCUT2D eigenvalue weighted by atomic mass is 32.3. The van der Waals surface area contributed by atoms with E-state index >= 15 is 0 Å². The van der Waals surface area contributed by atoms with Crippen molar-refractivity contribution in [2.75, 3.05) is 16.6 Å². The minimum Gasteiger partial charge on any atom is -0.250 e. The molecule has 1 saturated heterocycles. The van der Waals surface area contributed by atoms with Crippen LogP contribution in [0.2, 0.25) is 0 Å². The van der Waals surface area contributed by atoms with Gasteiger partial charge in [0.25, 0.3) is 0 Å². The van der Waals surface area contributed by atoms with Gasteiger partial charge < -0.3 is 0 Å². The SMILES string of the molecule is c1ccc2nc(CO[S+]3CCCSC3)ccc2c1. The fraction of sp³-hybridized carbons (Fsp3) is 0.357. The predicted octanol–water partition coefficient (Wildman–Crippen LogP) is 3.38. The molecule has 1 unspecified atom stereocenters. The van der Waals surface area contributed by atoms with Crippen molar-refractivity contribution in [2.45, 2.75) is 13.0 Å². The fourth-order valence-corrected chi connectivity index (χ4v) is 5.32. The summed E-state index contributed by atoms with van der Waals surface area (Å²) in [6.45, 7) is 0.647. The third-order valence-corrected chi connectivity index (χ3v) is 6.40. The molecule has 1 atom stereocenters. The zero-order valence-electron chi connectivity index (χ0n) is 10.2. The van der Waals surface area contributed by atoms with Crippen molar-refractivity contribution in [2.24, 2.45) is 0 Å². The van der Waals surface area contributed by atoms with Gasteiger partial charge >= 0.3 is 0 Å². The van der Waals surface area contributed by atoms with Gasteiger partial charge in [-0.25, -0.2) is 0 Å². The topological polar surface area (TPSA) is 22.1 Å². The van der Waals surface area contributed by atoms with Gasteiger partial charge in [-0.2, -0.15) is 4.18 Å². The van der Waals surface area contributed by atoms with Crippen molar-refractivity contribution in [3.05, 3.63) is 42.1 Å². The molecule has 0 radical (unpaired) electrons. The second-order valence-corrected chi connectivity index (χ2v) is 7.56. The Kier molecular flexibility index (Phi) is 4.08. The van der Waals surface area contributed by atoms with Crippen molar-refractivity contribution in [1.82, 2.24) is 4.98 Å². The number of pyridine rings is 1. The van der Waals surface area contributed by atoms with Crippen molar-refractivity contribution >= 4 is 33.8 Å². The molecule has 0 bridgehead atoms. The smallest absolute Gasteiger partial charge is 0.186 e. The predicted molar refractivity (Wildman–Crippen MR) is 80.7 cm³/mol. The second-order valence-electron chi connectivity index (χ2n) is 4.28. The van der Waals surface area contributed by atoms with Crippen molar-refractivity contribution in [1.29, 1.82) is 0 Å². The number of benzene rings is 1. The Bertz CT molecular complexity index is 526. The normalized spacial score (nSPS) is 20.1. The van der Waals surface area contributed by atoms with E-state index in [-0.39, 0.29) is 11.2 Å². The summed E-state index contributed by atoms with van der Waals surface area (Å²) < 4.78 is 5.96. The summed E-state index contributed by atoms with van der Waals surface area (Å²) in [5.41, 5.74) is 2.09. The second kappa shape index (κ2) is 5.95. The standard InChI is InChI=1S/C14H16NOS2/c1-2-5-14-12(4-1)6-7-13(15-14)10-16-18-9-3-8-17-11-18/h1-2,4-7H,3,8-11H2/q+1. The van der Waals surface area contributed by atoms with Crippen LogP contribution >= 0.6 is 11.8 Å². The lowest BCUT2D eigenvalue weighted by molar-refractivity contribution is 0.346. The number of para-hydroxylation sites is 1. The molecule has 2 heterocycles. The Morgan fingerprint density at radius 2 is 2.17 bits per heavy atom. The first-order chi connectivity index (χ1) is 8.92. The summed E-state index contributed by atoms with van der Waals surface area (Å²) >= 11 is 2.15. The molecule has 1 aromatic heterocycles. The zero-order valence-corrected chi connectivity index (χ0v) is 11.8. The monoisotopic (exact) mass is 278 g/mol. The van der Waals surface area contributed by atoms with E-state index in [1.54, 1.807) is 0 Å². The van der Waals surface area contributed by atoms with Crippen LogP contribution in [0.4, 0.5) is 0 Å². The lowest BCUT2D eigenvalue weighted by Gasteiger charge is -2.11. The Balaban J connectivity index is 1.66.